The highest BCUT2D eigenvalue weighted by atomic mass is 16.4. The molecule has 2 N–H and O–H groups in total. The highest BCUT2D eigenvalue weighted by Gasteiger charge is 2.13. The van der Waals surface area contributed by atoms with Crippen molar-refractivity contribution in [3.05, 3.63) is 29.7 Å². The van der Waals surface area contributed by atoms with Gasteiger partial charge in [0.05, 0.1) is 6.20 Å². The zero-order valence-electron chi connectivity index (χ0n) is 13.3. The second-order valence-electron chi connectivity index (χ2n) is 5.56. The predicted octanol–water partition coefficient (Wildman–Crippen LogP) is 2.19. The van der Waals surface area contributed by atoms with Crippen LogP contribution in [0.15, 0.2) is 18.5 Å². The van der Waals surface area contributed by atoms with Gasteiger partial charge in [0.15, 0.2) is 5.65 Å². The predicted molar refractivity (Wildman–Crippen MR) is 85.4 cm³/mol. The average Bonchev–Trinajstić information content (AvgIpc) is 2.92. The first-order valence-corrected chi connectivity index (χ1v) is 7.89. The molecule has 2 aromatic rings. The normalized spacial score (nSPS) is 10.8. The molecule has 0 aliphatic rings. The van der Waals surface area contributed by atoms with Gasteiger partial charge >= 0.3 is 5.97 Å². The Morgan fingerprint density at radius 1 is 1.22 bits per heavy atom. The van der Waals surface area contributed by atoms with Crippen LogP contribution in [0, 0.1) is 6.92 Å². The van der Waals surface area contributed by atoms with Crippen LogP contribution in [-0.4, -0.2) is 38.1 Å². The van der Waals surface area contributed by atoms with Crippen LogP contribution < -0.4 is 5.32 Å². The first-order chi connectivity index (χ1) is 11.1. The molecule has 0 aliphatic carbocycles. The lowest BCUT2D eigenvalue weighted by Gasteiger charge is -2.04. The highest BCUT2D eigenvalue weighted by Crippen LogP contribution is 2.09. The van der Waals surface area contributed by atoms with Crippen LogP contribution in [0.1, 0.15) is 54.6 Å². The Hall–Kier alpha value is -2.44. The van der Waals surface area contributed by atoms with Gasteiger partial charge < -0.3 is 10.4 Å². The van der Waals surface area contributed by atoms with Gasteiger partial charge in [0.2, 0.25) is 0 Å². The number of amides is 1. The SMILES string of the molecule is Cc1ccn2ncc(C(=O)NCCCCCCCC(=O)O)c2n1. The van der Waals surface area contributed by atoms with Crippen LogP contribution in [0.2, 0.25) is 0 Å². The van der Waals surface area contributed by atoms with Crippen molar-refractivity contribution in [2.45, 2.75) is 45.4 Å². The molecule has 0 atom stereocenters. The van der Waals surface area contributed by atoms with Crippen molar-refractivity contribution >= 4 is 17.5 Å². The summed E-state index contributed by atoms with van der Waals surface area (Å²) >= 11 is 0. The van der Waals surface area contributed by atoms with Gasteiger partial charge in [-0.3, -0.25) is 9.59 Å². The third-order valence-electron chi connectivity index (χ3n) is 3.61. The van der Waals surface area contributed by atoms with Crippen LogP contribution in [0.5, 0.6) is 0 Å². The van der Waals surface area contributed by atoms with Crippen molar-refractivity contribution in [1.82, 2.24) is 19.9 Å². The summed E-state index contributed by atoms with van der Waals surface area (Å²) in [6.07, 6.45) is 8.02. The quantitative estimate of drug-likeness (QED) is 0.691. The number of fused-ring (bicyclic) bond motifs is 1. The van der Waals surface area contributed by atoms with Crippen molar-refractivity contribution in [1.29, 1.82) is 0 Å². The lowest BCUT2D eigenvalue weighted by atomic mass is 10.1. The fourth-order valence-electron chi connectivity index (χ4n) is 2.35. The number of aryl methyl sites for hydroxylation is 1. The number of aromatic nitrogens is 3. The minimum atomic E-state index is -0.741. The minimum Gasteiger partial charge on any atom is -0.481 e. The topological polar surface area (TPSA) is 96.6 Å². The highest BCUT2D eigenvalue weighted by molar-refractivity contribution is 5.99. The third-order valence-corrected chi connectivity index (χ3v) is 3.61. The van der Waals surface area contributed by atoms with Gasteiger partial charge in [-0.15, -0.1) is 0 Å². The summed E-state index contributed by atoms with van der Waals surface area (Å²) in [7, 11) is 0. The number of aliphatic carboxylic acids is 1. The lowest BCUT2D eigenvalue weighted by molar-refractivity contribution is -0.137. The van der Waals surface area contributed by atoms with Gasteiger partial charge in [-0.2, -0.15) is 5.10 Å². The van der Waals surface area contributed by atoms with Gasteiger partial charge in [-0.1, -0.05) is 19.3 Å². The standard InChI is InChI=1S/C16H22N4O3/c1-12-8-10-20-15(19-12)13(11-18-20)16(23)17-9-6-4-2-3-5-7-14(21)22/h8,10-11H,2-7,9H2,1H3,(H,17,23)(H,21,22). The Morgan fingerprint density at radius 3 is 2.74 bits per heavy atom. The molecule has 124 valence electrons. The molecule has 0 aliphatic heterocycles. The Morgan fingerprint density at radius 2 is 1.96 bits per heavy atom. The molecule has 23 heavy (non-hydrogen) atoms. The molecule has 0 spiro atoms. The summed E-state index contributed by atoms with van der Waals surface area (Å²) in [5.41, 5.74) is 1.89. The van der Waals surface area contributed by atoms with Gasteiger partial charge in [-0.05, 0) is 25.8 Å². The van der Waals surface area contributed by atoms with Crippen molar-refractivity contribution in [3.63, 3.8) is 0 Å². The fraction of sp³-hybridized carbons (Fsp3) is 0.500. The number of hydrogen-bond acceptors (Lipinski definition) is 4. The summed E-state index contributed by atoms with van der Waals surface area (Å²) in [6, 6.07) is 1.84. The first-order valence-electron chi connectivity index (χ1n) is 7.89. The molecule has 2 rings (SSSR count). The summed E-state index contributed by atoms with van der Waals surface area (Å²) in [5, 5.41) is 15.5. The van der Waals surface area contributed by atoms with Crippen molar-refractivity contribution in [2.75, 3.05) is 6.54 Å². The zero-order chi connectivity index (χ0) is 16.7. The number of hydrogen-bond donors (Lipinski definition) is 2. The average molecular weight is 318 g/mol. The number of carboxylic acid groups (broad SMARTS) is 1. The van der Waals surface area contributed by atoms with E-state index in [1.165, 1.54) is 6.20 Å². The molecule has 0 aromatic carbocycles. The molecule has 7 heteroatoms. The molecular weight excluding hydrogens is 296 g/mol. The third kappa shape index (κ3) is 5.05. The van der Waals surface area contributed by atoms with Gasteiger partial charge in [-0.25, -0.2) is 9.50 Å². The monoisotopic (exact) mass is 318 g/mol. The van der Waals surface area contributed by atoms with Crippen LogP contribution in [-0.2, 0) is 4.79 Å². The maximum Gasteiger partial charge on any atom is 0.303 e. The van der Waals surface area contributed by atoms with Gasteiger partial charge in [0.1, 0.15) is 5.56 Å². The number of carbonyl (C=O) groups excluding carboxylic acids is 1. The van der Waals surface area contributed by atoms with E-state index in [4.69, 9.17) is 5.11 Å². The molecule has 1 amide bonds. The van der Waals surface area contributed by atoms with Gasteiger partial charge in [0.25, 0.3) is 5.91 Å². The van der Waals surface area contributed by atoms with E-state index in [-0.39, 0.29) is 12.3 Å². The lowest BCUT2D eigenvalue weighted by Crippen LogP contribution is -2.24. The summed E-state index contributed by atoms with van der Waals surface area (Å²) in [5.74, 6) is -0.904. The number of nitrogens with one attached hydrogen (secondary N) is 1. The Kier molecular flexibility index (Phi) is 6.08. The Labute approximate surface area is 134 Å². The summed E-state index contributed by atoms with van der Waals surface area (Å²) in [4.78, 5) is 26.9. The molecule has 0 radical (unpaired) electrons. The van der Waals surface area contributed by atoms with E-state index < -0.39 is 5.97 Å². The van der Waals surface area contributed by atoms with Gasteiger partial charge in [0, 0.05) is 24.9 Å². The number of unbranched alkanes of at least 4 members (excludes halogenated alkanes) is 4. The molecule has 0 bridgehead atoms. The molecule has 0 saturated carbocycles. The second kappa shape index (κ2) is 8.26. The van der Waals surface area contributed by atoms with E-state index in [1.807, 2.05) is 13.0 Å². The maximum absolute atomic E-state index is 12.2. The molecule has 2 heterocycles. The molecule has 0 saturated heterocycles. The molecule has 0 fully saturated rings. The number of carbonyl (C=O) groups is 2. The summed E-state index contributed by atoms with van der Waals surface area (Å²) < 4.78 is 1.59. The second-order valence-corrected chi connectivity index (χ2v) is 5.56. The molecule has 7 nitrogen and oxygen atoms in total. The maximum atomic E-state index is 12.2. The van der Waals surface area contributed by atoms with Crippen molar-refractivity contribution < 1.29 is 14.7 Å². The largest absolute Gasteiger partial charge is 0.481 e. The molecule has 0 unspecified atom stereocenters. The van der Waals surface area contributed by atoms with E-state index in [9.17, 15) is 9.59 Å². The van der Waals surface area contributed by atoms with Crippen molar-refractivity contribution in [3.8, 4) is 0 Å². The van der Waals surface area contributed by atoms with E-state index >= 15 is 0 Å². The minimum absolute atomic E-state index is 0.163. The smallest absolute Gasteiger partial charge is 0.303 e. The fourth-order valence-corrected chi connectivity index (χ4v) is 2.35. The Bertz CT molecular complexity index is 681. The first kappa shape index (κ1) is 16.9. The van der Waals surface area contributed by atoms with Crippen LogP contribution in [0.3, 0.4) is 0 Å². The number of carboxylic acids is 1. The van der Waals surface area contributed by atoms with E-state index in [0.29, 0.717) is 17.8 Å². The van der Waals surface area contributed by atoms with Crippen LogP contribution in [0.25, 0.3) is 5.65 Å². The van der Waals surface area contributed by atoms with Crippen LogP contribution >= 0.6 is 0 Å². The van der Waals surface area contributed by atoms with E-state index in [0.717, 1.165) is 37.8 Å². The number of rotatable bonds is 9. The zero-order valence-corrected chi connectivity index (χ0v) is 13.3. The van der Waals surface area contributed by atoms with Crippen molar-refractivity contribution in [2.24, 2.45) is 0 Å². The van der Waals surface area contributed by atoms with Crippen LogP contribution in [0.4, 0.5) is 0 Å². The van der Waals surface area contributed by atoms with E-state index in [2.05, 4.69) is 15.4 Å². The molecular formula is C16H22N4O3. The molecule has 2 aromatic heterocycles. The van der Waals surface area contributed by atoms with E-state index in [1.54, 1.807) is 10.7 Å². The summed E-state index contributed by atoms with van der Waals surface area (Å²) in [6.45, 7) is 2.47. The number of nitrogens with zero attached hydrogens (tertiary/aromatic N) is 3. The Balaban J connectivity index is 1.70.